The first kappa shape index (κ1) is 27.1. The van der Waals surface area contributed by atoms with Crippen molar-refractivity contribution < 1.29 is 4.42 Å². The molecule has 1 aromatic heterocycles. The van der Waals surface area contributed by atoms with Crippen LogP contribution >= 0.6 is 0 Å². The van der Waals surface area contributed by atoms with E-state index in [0.29, 0.717) is 0 Å². The second-order valence-corrected chi connectivity index (χ2v) is 14.9. The van der Waals surface area contributed by atoms with Crippen molar-refractivity contribution in [1.82, 2.24) is 0 Å². The normalized spacial score (nSPS) is 12.8. The highest BCUT2D eigenvalue weighted by atomic mass is 16.3. The van der Waals surface area contributed by atoms with E-state index in [1.54, 1.807) is 0 Å². The van der Waals surface area contributed by atoms with Gasteiger partial charge in [-0.05, 0) is 104 Å². The van der Waals surface area contributed by atoms with E-state index in [4.69, 9.17) is 4.42 Å². The van der Waals surface area contributed by atoms with Gasteiger partial charge in [-0.2, -0.15) is 0 Å². The van der Waals surface area contributed by atoms with E-state index in [1.807, 2.05) is 0 Å². The van der Waals surface area contributed by atoms with Gasteiger partial charge in [-0.1, -0.05) is 148 Å². The van der Waals surface area contributed by atoms with Gasteiger partial charge in [0, 0.05) is 16.3 Å². The third-order valence-corrected chi connectivity index (χ3v) is 11.1. The molecule has 49 heavy (non-hydrogen) atoms. The van der Waals surface area contributed by atoms with Crippen LogP contribution in [0, 0.1) is 0 Å². The Bertz CT molecular complexity index is 3100. The van der Waals surface area contributed by atoms with Crippen LogP contribution in [0.2, 0.25) is 0 Å². The summed E-state index contributed by atoms with van der Waals surface area (Å²) in [6.07, 6.45) is 0. The van der Waals surface area contributed by atoms with Gasteiger partial charge in [0.2, 0.25) is 0 Å². The van der Waals surface area contributed by atoms with Crippen molar-refractivity contribution in [2.75, 3.05) is 0 Å². The summed E-state index contributed by atoms with van der Waals surface area (Å²) in [6, 6.07) is 52.1. The van der Waals surface area contributed by atoms with Crippen LogP contribution < -0.4 is 0 Å². The molecule has 0 aliphatic rings. The average Bonchev–Trinajstić information content (AvgIpc) is 3.50. The summed E-state index contributed by atoms with van der Waals surface area (Å²) >= 11 is 0. The van der Waals surface area contributed by atoms with Gasteiger partial charge in [0.25, 0.3) is 0 Å². The molecule has 0 atom stereocenters. The summed E-state index contributed by atoms with van der Waals surface area (Å²) in [7, 11) is 0. The van der Waals surface area contributed by atoms with Gasteiger partial charge < -0.3 is 4.42 Å². The molecular weight excluding hydrogens is 593 g/mol. The third-order valence-electron chi connectivity index (χ3n) is 11.1. The van der Waals surface area contributed by atoms with Gasteiger partial charge in [0.05, 0.1) is 0 Å². The zero-order valence-corrected chi connectivity index (χ0v) is 27.7. The quantitative estimate of drug-likeness (QED) is 0.174. The van der Waals surface area contributed by atoms with Crippen molar-refractivity contribution in [3.63, 3.8) is 0 Å². The second kappa shape index (κ2) is 9.36. The minimum atomic E-state index is 0.0897. The Morgan fingerprint density at radius 1 is 0.388 bits per heavy atom. The Morgan fingerprint density at radius 3 is 1.65 bits per heavy atom. The van der Waals surface area contributed by atoms with Crippen molar-refractivity contribution in [2.24, 2.45) is 0 Å². The Balaban J connectivity index is 1.12. The van der Waals surface area contributed by atoms with Crippen LogP contribution in [0.4, 0.5) is 0 Å². The Labute approximate surface area is 283 Å². The van der Waals surface area contributed by atoms with E-state index in [9.17, 15) is 0 Å². The fourth-order valence-corrected chi connectivity index (χ4v) is 8.65. The molecular formula is C48H32O. The Hall–Kier alpha value is -5.92. The highest BCUT2D eigenvalue weighted by Crippen LogP contribution is 2.45. The molecule has 0 amide bonds. The number of hydrogen-bond donors (Lipinski definition) is 0. The van der Waals surface area contributed by atoms with Crippen molar-refractivity contribution in [1.29, 1.82) is 0 Å². The number of fused-ring (bicyclic) bond motifs is 3. The van der Waals surface area contributed by atoms with Crippen LogP contribution in [0.1, 0.15) is 26.3 Å². The maximum Gasteiger partial charge on any atom is 0.143 e. The molecule has 230 valence electrons. The van der Waals surface area contributed by atoms with Gasteiger partial charge >= 0.3 is 0 Å². The molecule has 1 nitrogen and oxygen atoms in total. The molecule has 0 fully saturated rings. The molecule has 11 rings (SSSR count). The number of rotatable bonds is 2. The molecule has 0 radical (unpaired) electrons. The van der Waals surface area contributed by atoms with E-state index < -0.39 is 0 Å². The smallest absolute Gasteiger partial charge is 0.143 e. The number of hydrogen-bond acceptors (Lipinski definition) is 1. The molecule has 0 aliphatic heterocycles. The van der Waals surface area contributed by atoms with Crippen LogP contribution in [0.15, 0.2) is 144 Å². The maximum absolute atomic E-state index is 6.75. The van der Waals surface area contributed by atoms with E-state index in [2.05, 4.69) is 160 Å². The van der Waals surface area contributed by atoms with Crippen LogP contribution in [0.25, 0.3) is 109 Å². The first-order chi connectivity index (χ1) is 23.9. The van der Waals surface area contributed by atoms with Gasteiger partial charge in [-0.15, -0.1) is 0 Å². The molecule has 0 aliphatic carbocycles. The fourth-order valence-electron chi connectivity index (χ4n) is 8.65. The van der Waals surface area contributed by atoms with Crippen molar-refractivity contribution in [2.45, 2.75) is 26.2 Å². The van der Waals surface area contributed by atoms with Gasteiger partial charge in [0.1, 0.15) is 11.2 Å². The lowest BCUT2D eigenvalue weighted by atomic mass is 9.82. The summed E-state index contributed by atoms with van der Waals surface area (Å²) < 4.78 is 6.75. The molecule has 10 aromatic carbocycles. The highest BCUT2D eigenvalue weighted by Gasteiger charge is 2.20. The first-order valence-corrected chi connectivity index (χ1v) is 17.3. The molecule has 1 heteroatoms. The first-order valence-electron chi connectivity index (χ1n) is 17.3. The number of benzene rings is 10. The van der Waals surface area contributed by atoms with E-state index in [-0.39, 0.29) is 5.41 Å². The summed E-state index contributed by atoms with van der Waals surface area (Å²) in [5.41, 5.74) is 8.10. The number of furan rings is 1. The van der Waals surface area contributed by atoms with Gasteiger partial charge in [0.15, 0.2) is 0 Å². The zero-order chi connectivity index (χ0) is 32.6. The fraction of sp³-hybridized carbons (Fsp3) is 0.0833. The minimum absolute atomic E-state index is 0.0897. The lowest BCUT2D eigenvalue weighted by molar-refractivity contribution is 0.591. The summed E-state index contributed by atoms with van der Waals surface area (Å²) in [6.45, 7) is 6.88. The van der Waals surface area contributed by atoms with Crippen molar-refractivity contribution in [3.05, 3.63) is 145 Å². The van der Waals surface area contributed by atoms with E-state index in [0.717, 1.165) is 27.5 Å². The zero-order valence-electron chi connectivity index (χ0n) is 27.7. The third kappa shape index (κ3) is 3.70. The van der Waals surface area contributed by atoms with E-state index in [1.165, 1.54) is 86.9 Å². The highest BCUT2D eigenvalue weighted by molar-refractivity contribution is 6.27. The molecule has 0 bridgehead atoms. The maximum atomic E-state index is 6.75. The molecule has 0 saturated heterocycles. The van der Waals surface area contributed by atoms with Gasteiger partial charge in [-0.3, -0.25) is 0 Å². The predicted octanol–water partition coefficient (Wildman–Crippen LogP) is 14.0. The Morgan fingerprint density at radius 2 is 0.939 bits per heavy atom. The molecule has 1 heterocycles. The molecule has 0 unspecified atom stereocenters. The molecule has 11 aromatic rings. The van der Waals surface area contributed by atoms with Gasteiger partial charge in [-0.25, -0.2) is 0 Å². The lowest BCUT2D eigenvalue weighted by Gasteiger charge is -2.22. The van der Waals surface area contributed by atoms with E-state index >= 15 is 0 Å². The molecule has 0 spiro atoms. The van der Waals surface area contributed by atoms with Crippen molar-refractivity contribution >= 4 is 86.6 Å². The second-order valence-electron chi connectivity index (χ2n) is 14.9. The van der Waals surface area contributed by atoms with Crippen molar-refractivity contribution in [3.8, 4) is 22.3 Å². The summed E-state index contributed by atoms with van der Waals surface area (Å²) in [5.74, 6) is 0. The average molecular weight is 625 g/mol. The number of para-hydroxylation sites is 1. The molecule has 0 N–H and O–H groups in total. The lowest BCUT2D eigenvalue weighted by Crippen LogP contribution is -2.10. The topological polar surface area (TPSA) is 13.1 Å². The minimum Gasteiger partial charge on any atom is -0.455 e. The Kier molecular flexibility index (Phi) is 5.17. The standard InChI is InChI=1S/C48H32O/c1-48(2,3)34-24-32-13-12-30-15-20-36(38-22-17-33(25-34)44(32)46(30)38)39-8-5-9-40-41-26-31(18-23-42(41)49-47(39)40)35-19-14-29-11-10-27-6-4-7-28-16-21-37(35)45(29)43(27)28/h4-26H,1-3H3. The van der Waals surface area contributed by atoms with Crippen LogP contribution in [-0.4, -0.2) is 0 Å². The van der Waals surface area contributed by atoms with Crippen LogP contribution in [0.5, 0.6) is 0 Å². The summed E-state index contributed by atoms with van der Waals surface area (Å²) in [5, 5.41) is 18.0. The van der Waals surface area contributed by atoms with Crippen LogP contribution in [-0.2, 0) is 5.41 Å². The van der Waals surface area contributed by atoms with Crippen LogP contribution in [0.3, 0.4) is 0 Å². The largest absolute Gasteiger partial charge is 0.455 e. The monoisotopic (exact) mass is 624 g/mol. The summed E-state index contributed by atoms with van der Waals surface area (Å²) in [4.78, 5) is 0. The molecule has 0 saturated carbocycles. The SMILES string of the molecule is CC(C)(C)c1cc2ccc3ccc(-c4cccc5c4oc4ccc(-c6ccc7ccc8cccc9ccc6c7c89)cc45)c4ccc(c1)c2c34. The predicted molar refractivity (Wildman–Crippen MR) is 211 cm³/mol.